The van der Waals surface area contributed by atoms with Gasteiger partial charge in [-0.05, 0) is 62.3 Å². The molecule has 0 unspecified atom stereocenters. The Balaban J connectivity index is -0.000000148. The van der Waals surface area contributed by atoms with Crippen molar-refractivity contribution in [2.75, 3.05) is 82.0 Å². The molecule has 2 fully saturated rings. The molecule has 0 aromatic heterocycles. The van der Waals surface area contributed by atoms with Crippen molar-refractivity contribution in [1.82, 2.24) is 20.4 Å². The van der Waals surface area contributed by atoms with E-state index < -0.39 is 29.5 Å². The molecule has 348 valence electrons. The van der Waals surface area contributed by atoms with Crippen molar-refractivity contribution in [3.8, 4) is 0 Å². The molecule has 0 atom stereocenters. The molecular weight excluding hydrogens is 840 g/mol. The van der Waals surface area contributed by atoms with E-state index in [1.165, 1.54) is 20.8 Å². The zero-order chi connectivity index (χ0) is 46.1. The molecule has 2 saturated heterocycles. The summed E-state index contributed by atoms with van der Waals surface area (Å²) >= 11 is 0. The topological polar surface area (TPSA) is 327 Å². The first-order valence-electron chi connectivity index (χ1n) is 18.5. The van der Waals surface area contributed by atoms with Gasteiger partial charge in [-0.25, -0.2) is 25.3 Å². The zero-order valence-corrected chi connectivity index (χ0v) is 42.7. The fraction of sp³-hybridized carbons (Fsp3) is 0.806. The second-order valence-corrected chi connectivity index (χ2v) is 22.4. The van der Waals surface area contributed by atoms with Gasteiger partial charge in [0.25, 0.3) is 0 Å². The van der Waals surface area contributed by atoms with Crippen molar-refractivity contribution in [2.45, 2.75) is 105 Å². The maximum absolute atomic E-state index is 11.3. The smallest absolute Gasteiger partial charge is 0.870 e. The summed E-state index contributed by atoms with van der Waals surface area (Å²) in [7, 11) is -8.73. The molecule has 0 saturated carbocycles. The van der Waals surface area contributed by atoms with Gasteiger partial charge in [-0.15, -0.1) is 0 Å². The number of hydrogen-bond donors (Lipinski definition) is 6. The van der Waals surface area contributed by atoms with Crippen LogP contribution in [0.15, 0.2) is 24.0 Å². The fourth-order valence-electron chi connectivity index (χ4n) is 3.84. The largest absolute Gasteiger partial charge is 1.00 e. The van der Waals surface area contributed by atoms with E-state index in [-0.39, 0.29) is 98.0 Å². The van der Waals surface area contributed by atoms with Gasteiger partial charge in [0.05, 0.1) is 29.6 Å². The summed E-state index contributed by atoms with van der Waals surface area (Å²) in [4.78, 5) is 35.3. The number of nitrogens with one attached hydrogen (secondary N) is 2. The number of amides is 2. The van der Waals surface area contributed by atoms with Gasteiger partial charge in [0, 0.05) is 106 Å². The van der Waals surface area contributed by atoms with Crippen LogP contribution in [0.3, 0.4) is 0 Å². The molecular formula is C36H79N8NaO11S3. The molecule has 2 rings (SSSR count). The summed E-state index contributed by atoms with van der Waals surface area (Å²) in [6.07, 6.45) is 0. The molecule has 0 bridgehead atoms. The summed E-state index contributed by atoms with van der Waals surface area (Å²) < 4.78 is 69.6. The van der Waals surface area contributed by atoms with Gasteiger partial charge in [0.2, 0.25) is 11.8 Å². The third kappa shape index (κ3) is 44.3. The van der Waals surface area contributed by atoms with E-state index in [4.69, 9.17) is 22.9 Å². The van der Waals surface area contributed by atoms with E-state index in [0.29, 0.717) is 59.0 Å². The van der Waals surface area contributed by atoms with E-state index in [0.717, 1.165) is 10.8 Å². The molecule has 0 aliphatic carbocycles. The van der Waals surface area contributed by atoms with Crippen LogP contribution >= 0.6 is 0 Å². The van der Waals surface area contributed by atoms with Gasteiger partial charge < -0.3 is 43.8 Å². The van der Waals surface area contributed by atoms with Crippen molar-refractivity contribution < 1.29 is 79.4 Å². The van der Waals surface area contributed by atoms with Crippen LogP contribution in [-0.4, -0.2) is 162 Å². The summed E-state index contributed by atoms with van der Waals surface area (Å²) in [5, 5.41) is 7.09. The number of rotatable bonds is 11. The maximum Gasteiger partial charge on any atom is 1.00 e. The van der Waals surface area contributed by atoms with Crippen LogP contribution in [0.4, 0.5) is 0 Å². The molecule has 0 aromatic carbocycles. The van der Waals surface area contributed by atoms with E-state index in [1.54, 1.807) is 6.92 Å². The van der Waals surface area contributed by atoms with E-state index >= 15 is 0 Å². The molecule has 0 aromatic rings. The van der Waals surface area contributed by atoms with Crippen molar-refractivity contribution in [3.63, 3.8) is 0 Å². The van der Waals surface area contributed by atoms with Gasteiger partial charge in [-0.1, -0.05) is 13.2 Å². The van der Waals surface area contributed by atoms with Crippen molar-refractivity contribution in [1.29, 1.82) is 0 Å². The van der Waals surface area contributed by atoms with Crippen LogP contribution in [0.25, 0.3) is 0 Å². The van der Waals surface area contributed by atoms with Crippen molar-refractivity contribution >= 4 is 47.3 Å². The zero-order valence-electron chi connectivity index (χ0n) is 38.2. The Hall–Kier alpha value is -1.54. The van der Waals surface area contributed by atoms with Crippen LogP contribution in [0, 0.1) is 0 Å². The first-order chi connectivity index (χ1) is 25.5. The number of nitrogens with two attached hydrogens (primary N) is 4. The Bertz CT molecular complexity index is 1510. The molecule has 0 radical (unpaired) electrons. The third-order valence-electron chi connectivity index (χ3n) is 7.80. The van der Waals surface area contributed by atoms with E-state index in [9.17, 15) is 39.6 Å². The molecule has 2 amide bonds. The molecule has 2 aliphatic rings. The summed E-state index contributed by atoms with van der Waals surface area (Å²) in [6.45, 7) is 32.9. The van der Waals surface area contributed by atoms with Gasteiger partial charge in [-0.2, -0.15) is 0 Å². The normalized spacial score (nSPS) is 16.2. The number of ether oxygens (including phenoxy) is 1. The minimum Gasteiger partial charge on any atom is -0.870 e. The fourth-order valence-corrected chi connectivity index (χ4v) is 6.38. The number of carbonyl (C=O) groups is 3. The Labute approximate surface area is 378 Å². The van der Waals surface area contributed by atoms with Crippen molar-refractivity contribution in [2.24, 2.45) is 22.9 Å². The summed E-state index contributed by atoms with van der Waals surface area (Å²) in [6, 6.07) is 0. The molecule has 11 N–H and O–H groups in total. The van der Waals surface area contributed by atoms with E-state index in [1.807, 2.05) is 55.4 Å². The molecule has 23 heteroatoms. The first-order valence-corrected chi connectivity index (χ1v) is 23.7. The quantitative estimate of drug-likeness (QED) is 0.0874. The van der Waals surface area contributed by atoms with Crippen LogP contribution in [0.2, 0.25) is 0 Å². The number of hydrogen-bond acceptors (Lipinski definition) is 17. The van der Waals surface area contributed by atoms with Gasteiger partial charge in [0.15, 0.2) is 29.5 Å². The number of carbonyl (C=O) groups excluding carboxylic acids is 3. The van der Waals surface area contributed by atoms with Crippen LogP contribution in [-0.2, 0) is 48.6 Å². The second-order valence-electron chi connectivity index (χ2n) is 16.0. The average molecular weight is 919 g/mol. The second kappa shape index (κ2) is 32.2. The number of esters is 1. The monoisotopic (exact) mass is 918 g/mol. The summed E-state index contributed by atoms with van der Waals surface area (Å²) in [5.74, 6) is 0.684. The predicted molar refractivity (Wildman–Crippen MR) is 234 cm³/mol. The predicted octanol–water partition coefficient (Wildman–Crippen LogP) is -3.29. The Morgan fingerprint density at radius 2 is 0.983 bits per heavy atom. The minimum atomic E-state index is -3.13. The van der Waals surface area contributed by atoms with Crippen molar-refractivity contribution in [3.05, 3.63) is 24.0 Å². The first kappa shape index (κ1) is 69.2. The number of sulfone groups is 3. The van der Waals surface area contributed by atoms with E-state index in [2.05, 4.69) is 38.3 Å². The van der Waals surface area contributed by atoms with Crippen LogP contribution in [0.5, 0.6) is 0 Å². The minimum absolute atomic E-state index is 0. The molecule has 19 nitrogen and oxygen atoms in total. The third-order valence-corrected chi connectivity index (χ3v) is 11.9. The van der Waals surface area contributed by atoms with Crippen LogP contribution < -0.4 is 63.1 Å². The maximum atomic E-state index is 11.3. The molecule has 2 heterocycles. The molecule has 59 heavy (non-hydrogen) atoms. The van der Waals surface area contributed by atoms with Crippen LogP contribution in [0.1, 0.15) is 83.1 Å². The average Bonchev–Trinajstić information content (AvgIpc) is 3.07. The molecule has 2 aliphatic heterocycles. The molecule has 0 spiro atoms. The van der Waals surface area contributed by atoms with Gasteiger partial charge in [0.1, 0.15) is 0 Å². The van der Waals surface area contributed by atoms with Gasteiger partial charge >= 0.3 is 35.5 Å². The number of nitrogens with zero attached hydrogens (tertiary/aromatic N) is 2. The Morgan fingerprint density at radius 1 is 0.678 bits per heavy atom. The van der Waals surface area contributed by atoms with Gasteiger partial charge in [-0.3, -0.25) is 24.2 Å². The SMILES string of the molecule is C=CS(=O)(=O)C=C.CC(=O)NCC(C)(C)N.CC(=O)NCC(C)(C)N1CCS(=O)(=O)CC1.CC(C)(CN)N1CCS(=O)(=O)CC1.CC(C)(N)CN.CCOC(C)=O.[Na+].[OH-]. The standard InChI is InChI=1S/C10H20N2O3S.C8H18N2O2S.C6H14N2O.C4H12N2.C4H6O2S.C4H8O2.Na.H2O/c1-9(13)11-8-10(2,3)12-4-6-16(14,15)7-5-12;1-8(2,7-9)10-3-5-13(11,12)6-4-10;1-5(9)8-4-6(2,3)7;1-4(2,6)3-5;1-3-7(5,6)4-2;1-3-6-4(2)5;;/h4-8H2,1-3H3,(H,11,13);3-7,9H2,1-2H3;4,7H2,1-3H3,(H,8,9);3,5-6H2,1-2H3;3-4H,1-2H2;3H2,1-2H3;;1H2/q;;;;;;+1;/p-1. The Kier molecular flexibility index (Phi) is 37.7. The summed E-state index contributed by atoms with van der Waals surface area (Å²) in [5.41, 5.74) is 21.0. The Morgan fingerprint density at radius 3 is 1.15 bits per heavy atom.